The van der Waals surface area contributed by atoms with E-state index in [1.165, 1.54) is 231 Å². The van der Waals surface area contributed by atoms with E-state index in [-0.39, 0.29) is 25.7 Å². The van der Waals surface area contributed by atoms with E-state index < -0.39 is 97.5 Å². The maximum Gasteiger partial charge on any atom is 0.472 e. The molecule has 5 atom stereocenters. The van der Waals surface area contributed by atoms with Gasteiger partial charge in [0.15, 0.2) is 12.2 Å². The van der Waals surface area contributed by atoms with Crippen LogP contribution in [0.15, 0.2) is 0 Å². The molecule has 0 heterocycles. The summed E-state index contributed by atoms with van der Waals surface area (Å²) in [6.07, 6.45) is 61.2. The minimum atomic E-state index is -4.96. The predicted octanol–water partition coefficient (Wildman–Crippen LogP) is 23.9. The number of phosphoric acid groups is 2. The molecule has 17 nitrogen and oxygen atoms in total. The number of carbonyl (C=O) groups excluding carboxylic acids is 4. The molecule has 0 aliphatic carbocycles. The molecule has 0 aromatic rings. The summed E-state index contributed by atoms with van der Waals surface area (Å²) in [4.78, 5) is 72.8. The summed E-state index contributed by atoms with van der Waals surface area (Å²) < 4.78 is 68.5. The van der Waals surface area contributed by atoms with Crippen molar-refractivity contribution >= 4 is 39.5 Å². The molecular formula is C80H156O17P2. The monoisotopic (exact) mass is 1450 g/mol. The lowest BCUT2D eigenvalue weighted by Crippen LogP contribution is -2.30. The molecule has 3 N–H and O–H groups in total. The van der Waals surface area contributed by atoms with Gasteiger partial charge >= 0.3 is 39.5 Å². The molecule has 0 aliphatic heterocycles. The van der Waals surface area contributed by atoms with Gasteiger partial charge < -0.3 is 33.8 Å². The van der Waals surface area contributed by atoms with Gasteiger partial charge in [0.2, 0.25) is 0 Å². The minimum absolute atomic E-state index is 0.107. The Bertz CT molecular complexity index is 1910. The third-order valence-corrected chi connectivity index (χ3v) is 20.6. The van der Waals surface area contributed by atoms with E-state index in [1.54, 1.807) is 0 Å². The molecule has 2 unspecified atom stereocenters. The van der Waals surface area contributed by atoms with Crippen LogP contribution >= 0.6 is 15.6 Å². The van der Waals surface area contributed by atoms with Crippen molar-refractivity contribution in [2.24, 2.45) is 11.8 Å². The molecule has 0 rings (SSSR count). The molecule has 588 valence electrons. The van der Waals surface area contributed by atoms with Crippen LogP contribution in [0.5, 0.6) is 0 Å². The summed E-state index contributed by atoms with van der Waals surface area (Å²) in [5.74, 6) is -0.480. The summed E-state index contributed by atoms with van der Waals surface area (Å²) in [7, 11) is -9.91. The topological polar surface area (TPSA) is 237 Å². The number of phosphoric ester groups is 2. The lowest BCUT2D eigenvalue weighted by molar-refractivity contribution is -0.161. The minimum Gasteiger partial charge on any atom is -0.462 e. The summed E-state index contributed by atoms with van der Waals surface area (Å²) in [5, 5.41) is 10.6. The van der Waals surface area contributed by atoms with E-state index in [2.05, 4.69) is 41.5 Å². The number of ether oxygens (including phenoxy) is 4. The Balaban J connectivity index is 5.17. The van der Waals surface area contributed by atoms with Gasteiger partial charge in [-0.25, -0.2) is 9.13 Å². The highest BCUT2D eigenvalue weighted by atomic mass is 31.2. The second-order valence-corrected chi connectivity index (χ2v) is 32.7. The molecule has 0 amide bonds. The fourth-order valence-electron chi connectivity index (χ4n) is 12.4. The molecule has 0 saturated heterocycles. The van der Waals surface area contributed by atoms with Gasteiger partial charge in [0.05, 0.1) is 26.4 Å². The Morgan fingerprint density at radius 1 is 0.273 bits per heavy atom. The Kier molecular flexibility index (Phi) is 70.3. The average molecular weight is 1450 g/mol. The average Bonchev–Trinajstić information content (AvgIpc) is 0.996. The van der Waals surface area contributed by atoms with Crippen LogP contribution < -0.4 is 0 Å². The molecule has 0 bridgehead atoms. The fourth-order valence-corrected chi connectivity index (χ4v) is 13.9. The number of aliphatic hydroxyl groups is 1. The van der Waals surface area contributed by atoms with Crippen LogP contribution in [-0.2, 0) is 65.4 Å². The fraction of sp³-hybridized carbons (Fsp3) is 0.950. The van der Waals surface area contributed by atoms with Crippen LogP contribution in [0.2, 0.25) is 0 Å². The highest BCUT2D eigenvalue weighted by Crippen LogP contribution is 2.45. The number of carbonyl (C=O) groups is 4. The van der Waals surface area contributed by atoms with E-state index in [1.807, 2.05) is 0 Å². The predicted molar refractivity (Wildman–Crippen MR) is 405 cm³/mol. The Morgan fingerprint density at radius 3 is 0.687 bits per heavy atom. The van der Waals surface area contributed by atoms with E-state index >= 15 is 0 Å². The number of rotatable bonds is 79. The first kappa shape index (κ1) is 97.1. The number of esters is 4. The number of unbranched alkanes of at least 4 members (excludes halogenated alkanes) is 49. The van der Waals surface area contributed by atoms with Crippen molar-refractivity contribution in [2.75, 3.05) is 39.6 Å². The highest BCUT2D eigenvalue weighted by Gasteiger charge is 2.30. The van der Waals surface area contributed by atoms with Gasteiger partial charge in [-0.1, -0.05) is 369 Å². The summed E-state index contributed by atoms with van der Waals surface area (Å²) in [6, 6.07) is 0. The van der Waals surface area contributed by atoms with E-state index in [4.69, 9.17) is 37.0 Å². The maximum absolute atomic E-state index is 13.1. The molecule has 0 spiro atoms. The molecule has 0 aromatic carbocycles. The quantitative estimate of drug-likeness (QED) is 0.0222. The summed E-state index contributed by atoms with van der Waals surface area (Å²) in [6.45, 7) is 9.66. The molecule has 0 aromatic heterocycles. The van der Waals surface area contributed by atoms with Crippen LogP contribution in [0, 0.1) is 11.8 Å². The first-order chi connectivity index (χ1) is 47.9. The maximum atomic E-state index is 13.1. The zero-order valence-corrected chi connectivity index (χ0v) is 66.6. The smallest absolute Gasteiger partial charge is 0.462 e. The summed E-state index contributed by atoms with van der Waals surface area (Å²) >= 11 is 0. The van der Waals surface area contributed by atoms with Crippen molar-refractivity contribution in [3.8, 4) is 0 Å². The second kappa shape index (κ2) is 71.7. The Morgan fingerprint density at radius 2 is 0.465 bits per heavy atom. The normalized spacial score (nSPS) is 13.9. The van der Waals surface area contributed by atoms with E-state index in [0.717, 1.165) is 108 Å². The molecule has 0 radical (unpaired) electrons. The lowest BCUT2D eigenvalue weighted by Gasteiger charge is -2.21. The standard InChI is InChI=1S/C80H156O17P2/c1-7-9-11-13-15-17-32-40-46-52-58-64-79(84)96-75(68-90-77(82)62-56-50-44-16-14-12-10-8-2)70-94-98(86,87)92-66-74(81)67-93-99(88,89)95-71-76(69-91-78(83)63-57-51-45-39-35-30-26-23-22-25-29-34-38-43-49-55-61-73(5)6)97-80(85)65-59-53-47-41-36-31-27-21-19-18-20-24-28-33-37-42-48-54-60-72(3)4/h72-76,81H,7-71H2,1-6H3,(H,86,87)(H,88,89)/t74-,75+,76+/m0/s1. The van der Waals surface area contributed by atoms with E-state index in [9.17, 15) is 43.2 Å². The van der Waals surface area contributed by atoms with Gasteiger partial charge in [0.1, 0.15) is 19.3 Å². The van der Waals surface area contributed by atoms with E-state index in [0.29, 0.717) is 25.7 Å². The zero-order chi connectivity index (χ0) is 72.8. The van der Waals surface area contributed by atoms with Crippen molar-refractivity contribution in [2.45, 2.75) is 439 Å². The number of hydrogen-bond acceptors (Lipinski definition) is 15. The summed E-state index contributed by atoms with van der Waals surface area (Å²) in [5.41, 5.74) is 0. The molecule has 0 saturated carbocycles. The van der Waals surface area contributed by atoms with Crippen LogP contribution in [0.25, 0.3) is 0 Å². The number of hydrogen-bond donors (Lipinski definition) is 3. The third-order valence-electron chi connectivity index (χ3n) is 18.7. The van der Waals surface area contributed by atoms with Crippen LogP contribution in [0.3, 0.4) is 0 Å². The molecule has 0 aliphatic rings. The van der Waals surface area contributed by atoms with Gasteiger partial charge in [-0.05, 0) is 37.5 Å². The molecule has 19 heteroatoms. The van der Waals surface area contributed by atoms with Gasteiger partial charge in [0.25, 0.3) is 0 Å². The van der Waals surface area contributed by atoms with Crippen molar-refractivity contribution in [3.05, 3.63) is 0 Å². The van der Waals surface area contributed by atoms with Gasteiger partial charge in [-0.15, -0.1) is 0 Å². The van der Waals surface area contributed by atoms with Crippen molar-refractivity contribution in [1.82, 2.24) is 0 Å². The largest absolute Gasteiger partial charge is 0.472 e. The third kappa shape index (κ3) is 74.1. The first-order valence-electron chi connectivity index (χ1n) is 41.5. The second-order valence-electron chi connectivity index (χ2n) is 29.8. The van der Waals surface area contributed by atoms with Crippen molar-refractivity contribution < 1.29 is 80.2 Å². The molecular weight excluding hydrogens is 1290 g/mol. The van der Waals surface area contributed by atoms with Crippen molar-refractivity contribution in [3.63, 3.8) is 0 Å². The first-order valence-corrected chi connectivity index (χ1v) is 44.5. The van der Waals surface area contributed by atoms with Crippen molar-refractivity contribution in [1.29, 1.82) is 0 Å². The Labute approximate surface area is 607 Å². The van der Waals surface area contributed by atoms with Crippen LogP contribution in [0.4, 0.5) is 0 Å². The van der Waals surface area contributed by atoms with Gasteiger partial charge in [-0.2, -0.15) is 0 Å². The van der Waals surface area contributed by atoms with Gasteiger partial charge in [-0.3, -0.25) is 37.3 Å². The SMILES string of the molecule is CCCCCCCCCCCCCC(=O)O[C@H](COC(=O)CCCCCCCCCC)COP(=O)(O)OC[C@H](O)COP(=O)(O)OC[C@@H](COC(=O)CCCCCCCCCCCCCCCCCCC(C)C)OC(=O)CCCCCCCCCCCCCCCCCCCCC(C)C. The lowest BCUT2D eigenvalue weighted by atomic mass is 10.0. The number of aliphatic hydroxyl groups excluding tert-OH is 1. The molecule has 99 heavy (non-hydrogen) atoms. The zero-order valence-electron chi connectivity index (χ0n) is 64.8. The Hall–Kier alpha value is -1.94. The van der Waals surface area contributed by atoms with Crippen LogP contribution in [0.1, 0.15) is 420 Å². The molecule has 0 fully saturated rings. The van der Waals surface area contributed by atoms with Crippen LogP contribution in [-0.4, -0.2) is 96.7 Å². The van der Waals surface area contributed by atoms with Gasteiger partial charge in [0, 0.05) is 25.7 Å². The highest BCUT2D eigenvalue weighted by molar-refractivity contribution is 7.47.